The van der Waals surface area contributed by atoms with Gasteiger partial charge in [0.15, 0.2) is 0 Å². The SMILES string of the molecule is CCN(CC)c1ccc(NC(=O)c2cccc(CCCOCCOCCOCCOCCNC=O)c2)c(-c2cc(C(N)=O)ccn2)c1. The second-order valence-corrected chi connectivity index (χ2v) is 10.5. The van der Waals surface area contributed by atoms with Crippen molar-refractivity contribution in [2.45, 2.75) is 26.7 Å². The largest absolute Gasteiger partial charge is 0.379 e. The lowest BCUT2D eigenvalue weighted by Crippen LogP contribution is -2.22. The number of nitrogens with zero attached hydrogens (tertiary/aromatic N) is 2. The minimum absolute atomic E-state index is 0.244. The van der Waals surface area contributed by atoms with Crippen molar-refractivity contribution < 1.29 is 33.3 Å². The number of primary amides is 1. The molecule has 0 saturated heterocycles. The molecule has 0 unspecified atom stereocenters. The van der Waals surface area contributed by atoms with Gasteiger partial charge in [-0.05, 0) is 74.7 Å². The first-order valence-electron chi connectivity index (χ1n) is 16.0. The Morgan fingerprint density at radius 3 is 2.17 bits per heavy atom. The molecular weight excluding hydrogens is 602 g/mol. The molecule has 1 heterocycles. The molecule has 3 rings (SSSR count). The highest BCUT2D eigenvalue weighted by Gasteiger charge is 2.16. The van der Waals surface area contributed by atoms with Gasteiger partial charge in [-0.25, -0.2) is 0 Å². The van der Waals surface area contributed by atoms with E-state index in [4.69, 9.17) is 24.7 Å². The number of hydrogen-bond acceptors (Lipinski definition) is 9. The van der Waals surface area contributed by atoms with E-state index in [9.17, 15) is 14.4 Å². The van der Waals surface area contributed by atoms with E-state index in [0.717, 1.165) is 37.2 Å². The summed E-state index contributed by atoms with van der Waals surface area (Å²) in [6.45, 7) is 10.2. The van der Waals surface area contributed by atoms with Crippen molar-refractivity contribution >= 4 is 29.6 Å². The van der Waals surface area contributed by atoms with Crippen LogP contribution in [0.1, 0.15) is 46.5 Å². The van der Waals surface area contributed by atoms with Crippen molar-refractivity contribution in [3.8, 4) is 11.3 Å². The molecule has 0 aliphatic heterocycles. The number of ether oxygens (including phenoxy) is 4. The fourth-order valence-electron chi connectivity index (χ4n) is 4.76. The van der Waals surface area contributed by atoms with Gasteiger partial charge in [-0.2, -0.15) is 0 Å². The number of benzene rings is 2. The summed E-state index contributed by atoms with van der Waals surface area (Å²) >= 11 is 0. The molecule has 0 aliphatic rings. The van der Waals surface area contributed by atoms with E-state index in [0.29, 0.717) is 93.9 Å². The molecular formula is C35H47N5O7. The summed E-state index contributed by atoms with van der Waals surface area (Å²) in [7, 11) is 0. The van der Waals surface area contributed by atoms with Crippen LogP contribution in [0.5, 0.6) is 0 Å². The molecule has 3 aromatic rings. The van der Waals surface area contributed by atoms with E-state index in [1.807, 2.05) is 36.4 Å². The van der Waals surface area contributed by atoms with Crippen LogP contribution >= 0.6 is 0 Å². The number of rotatable bonds is 24. The Morgan fingerprint density at radius 2 is 1.51 bits per heavy atom. The van der Waals surface area contributed by atoms with Crippen molar-refractivity contribution in [2.75, 3.05) is 82.7 Å². The highest BCUT2D eigenvalue weighted by molar-refractivity contribution is 6.06. The predicted octanol–water partition coefficient (Wildman–Crippen LogP) is 3.69. The Balaban J connectivity index is 1.45. The second kappa shape index (κ2) is 21.4. The molecule has 1 aromatic heterocycles. The number of carbonyl (C=O) groups is 3. The monoisotopic (exact) mass is 649 g/mol. The van der Waals surface area contributed by atoms with Gasteiger partial charge in [0.05, 0.1) is 57.6 Å². The van der Waals surface area contributed by atoms with Gasteiger partial charge in [-0.3, -0.25) is 19.4 Å². The maximum Gasteiger partial charge on any atom is 0.255 e. The first kappa shape index (κ1) is 37.1. The van der Waals surface area contributed by atoms with Crippen LogP contribution in [-0.2, 0) is 30.2 Å². The lowest BCUT2D eigenvalue weighted by Gasteiger charge is -2.23. The number of pyridine rings is 1. The van der Waals surface area contributed by atoms with E-state index in [1.54, 1.807) is 24.4 Å². The smallest absolute Gasteiger partial charge is 0.255 e. The van der Waals surface area contributed by atoms with Crippen LogP contribution in [0.2, 0.25) is 0 Å². The van der Waals surface area contributed by atoms with Crippen LogP contribution in [-0.4, -0.2) is 95.7 Å². The Labute approximate surface area is 276 Å². The topological polar surface area (TPSA) is 154 Å². The molecule has 0 fully saturated rings. The van der Waals surface area contributed by atoms with Crippen LogP contribution in [0.4, 0.5) is 11.4 Å². The van der Waals surface area contributed by atoms with Crippen LogP contribution in [0.25, 0.3) is 11.3 Å². The first-order valence-corrected chi connectivity index (χ1v) is 16.0. The molecule has 12 nitrogen and oxygen atoms in total. The number of hydrogen-bond donors (Lipinski definition) is 3. The molecule has 0 saturated carbocycles. The van der Waals surface area contributed by atoms with E-state index < -0.39 is 5.91 Å². The van der Waals surface area contributed by atoms with Gasteiger partial charge in [-0.1, -0.05) is 12.1 Å². The number of anilines is 2. The standard InChI is InChI=1S/C35H47N5O7/c1-3-40(4-2)30-10-11-32(31(25-30)33-24-28(34(36)42)12-13-38-33)39-35(43)29-9-5-7-27(23-29)8-6-15-44-17-19-46-21-22-47-20-18-45-16-14-37-26-41/h5,7,9-13,23-26H,3-4,6,8,14-22H2,1-2H3,(H2,36,42)(H,37,41)(H,39,43). The molecule has 2 aromatic carbocycles. The molecule has 12 heteroatoms. The average molecular weight is 650 g/mol. The van der Waals surface area contributed by atoms with Gasteiger partial charge in [0.1, 0.15) is 0 Å². The highest BCUT2D eigenvalue weighted by Crippen LogP contribution is 2.32. The van der Waals surface area contributed by atoms with Crippen LogP contribution in [0.3, 0.4) is 0 Å². The van der Waals surface area contributed by atoms with Crippen LogP contribution < -0.4 is 21.3 Å². The molecule has 0 aliphatic carbocycles. The molecule has 254 valence electrons. The lowest BCUT2D eigenvalue weighted by atomic mass is 10.0. The maximum atomic E-state index is 13.4. The van der Waals surface area contributed by atoms with E-state index in [1.165, 1.54) is 0 Å². The Kier molecular flexibility index (Phi) is 16.9. The average Bonchev–Trinajstić information content (AvgIpc) is 3.09. The number of aryl methyl sites for hydroxylation is 1. The van der Waals surface area contributed by atoms with Crippen LogP contribution in [0, 0.1) is 0 Å². The fourth-order valence-corrected chi connectivity index (χ4v) is 4.76. The summed E-state index contributed by atoms with van der Waals surface area (Å²) in [4.78, 5) is 42.1. The number of nitrogens with two attached hydrogens (primary N) is 1. The molecule has 0 spiro atoms. The zero-order valence-electron chi connectivity index (χ0n) is 27.4. The van der Waals surface area contributed by atoms with Gasteiger partial charge in [0.25, 0.3) is 5.91 Å². The van der Waals surface area contributed by atoms with E-state index in [2.05, 4.69) is 34.4 Å². The summed E-state index contributed by atoms with van der Waals surface area (Å²) < 4.78 is 21.9. The normalized spacial score (nSPS) is 10.9. The third-order valence-corrected chi connectivity index (χ3v) is 7.23. The molecule has 0 bridgehead atoms. The summed E-state index contributed by atoms with van der Waals surface area (Å²) in [5.41, 5.74) is 10.2. The van der Waals surface area contributed by atoms with Gasteiger partial charge in [0.2, 0.25) is 12.3 Å². The molecule has 0 atom stereocenters. The zero-order valence-corrected chi connectivity index (χ0v) is 27.4. The summed E-state index contributed by atoms with van der Waals surface area (Å²) in [6, 6.07) is 16.6. The summed E-state index contributed by atoms with van der Waals surface area (Å²) in [5.74, 6) is -0.789. The van der Waals surface area contributed by atoms with Gasteiger partial charge >= 0.3 is 0 Å². The second-order valence-electron chi connectivity index (χ2n) is 10.5. The lowest BCUT2D eigenvalue weighted by molar-refractivity contribution is -0.109. The van der Waals surface area contributed by atoms with Gasteiger partial charge in [0, 0.05) is 54.8 Å². The van der Waals surface area contributed by atoms with Gasteiger partial charge in [-0.15, -0.1) is 0 Å². The first-order chi connectivity index (χ1) is 23.0. The van der Waals surface area contributed by atoms with E-state index >= 15 is 0 Å². The minimum Gasteiger partial charge on any atom is -0.379 e. The molecule has 47 heavy (non-hydrogen) atoms. The van der Waals surface area contributed by atoms with Crippen molar-refractivity contribution in [3.05, 3.63) is 77.5 Å². The number of carbonyl (C=O) groups excluding carboxylic acids is 3. The number of nitrogens with one attached hydrogen (secondary N) is 2. The Morgan fingerprint density at radius 1 is 0.830 bits per heavy atom. The van der Waals surface area contributed by atoms with Gasteiger partial charge < -0.3 is 40.2 Å². The Bertz CT molecular complexity index is 1400. The van der Waals surface area contributed by atoms with Crippen molar-refractivity contribution in [2.24, 2.45) is 5.73 Å². The fraction of sp³-hybridized carbons (Fsp3) is 0.429. The Hall–Kier alpha value is -4.36. The molecule has 3 amide bonds. The maximum absolute atomic E-state index is 13.4. The van der Waals surface area contributed by atoms with Crippen LogP contribution in [0.15, 0.2) is 60.8 Å². The van der Waals surface area contributed by atoms with Crippen molar-refractivity contribution in [1.82, 2.24) is 10.3 Å². The molecule has 4 N–H and O–H groups in total. The predicted molar refractivity (Wildman–Crippen MR) is 182 cm³/mol. The number of amides is 3. The third-order valence-electron chi connectivity index (χ3n) is 7.23. The zero-order chi connectivity index (χ0) is 33.7. The van der Waals surface area contributed by atoms with Crippen molar-refractivity contribution in [3.63, 3.8) is 0 Å². The molecule has 0 radical (unpaired) electrons. The number of aromatic nitrogens is 1. The third kappa shape index (κ3) is 13.1. The van der Waals surface area contributed by atoms with Crippen molar-refractivity contribution in [1.29, 1.82) is 0 Å². The minimum atomic E-state index is -0.545. The summed E-state index contributed by atoms with van der Waals surface area (Å²) in [5, 5.41) is 5.57. The van der Waals surface area contributed by atoms with E-state index in [-0.39, 0.29) is 5.91 Å². The quantitative estimate of drug-likeness (QED) is 0.0974. The highest BCUT2D eigenvalue weighted by atomic mass is 16.6. The summed E-state index contributed by atoms with van der Waals surface area (Å²) in [6.07, 6.45) is 3.75.